The Morgan fingerprint density at radius 3 is 1.23 bits per heavy atom. The quantitative estimate of drug-likeness (QED) is 0.0262. The Hall–Kier alpha value is -2.63. The van der Waals surface area contributed by atoms with Gasteiger partial charge in [-0.25, -0.2) is 0 Å². The van der Waals surface area contributed by atoms with E-state index in [2.05, 4.69) is 62.5 Å². The highest BCUT2D eigenvalue weighted by Crippen LogP contribution is 2.15. The second-order valence-corrected chi connectivity index (χ2v) is 16.6. The molecule has 0 fully saturated rings. The van der Waals surface area contributed by atoms with Crippen LogP contribution in [0.15, 0.2) is 48.6 Å². The zero-order valence-corrected chi connectivity index (χ0v) is 39.3. The molecule has 0 unspecified atom stereocenters. The van der Waals surface area contributed by atoms with Crippen molar-refractivity contribution in [2.75, 3.05) is 13.2 Å². The van der Waals surface area contributed by atoms with Gasteiger partial charge in [-0.15, -0.1) is 0 Å². The smallest absolute Gasteiger partial charge is 0.306 e. The molecule has 0 rings (SSSR count). The van der Waals surface area contributed by atoms with E-state index < -0.39 is 44.0 Å². The third-order valence-corrected chi connectivity index (χ3v) is 10.7. The number of hydrogen-bond acceptors (Lipinski definition) is 6. The van der Waals surface area contributed by atoms with E-state index >= 15 is 0 Å². The Morgan fingerprint density at radius 1 is 0.426 bits per heavy atom. The summed E-state index contributed by atoms with van der Waals surface area (Å²) in [4.78, 5) is 38.1. The lowest BCUT2D eigenvalue weighted by Crippen LogP contribution is -2.30. The molecule has 0 aromatic rings. The fourth-order valence-corrected chi connectivity index (χ4v) is 6.92. The third-order valence-electron chi connectivity index (χ3n) is 10.7. The zero-order chi connectivity index (χ0) is 52.3. The van der Waals surface area contributed by atoms with Gasteiger partial charge in [0, 0.05) is 31.6 Å². The van der Waals surface area contributed by atoms with Crippen LogP contribution in [0, 0.1) is 0 Å². The van der Waals surface area contributed by atoms with E-state index in [4.69, 9.17) is 26.5 Å². The summed E-state index contributed by atoms with van der Waals surface area (Å²) >= 11 is 0. The Bertz CT molecular complexity index is 1430. The molecule has 0 aromatic heterocycles. The largest absolute Gasteiger partial charge is 0.462 e. The van der Waals surface area contributed by atoms with Crippen molar-refractivity contribution in [3.63, 3.8) is 0 Å². The highest BCUT2D eigenvalue weighted by molar-refractivity contribution is 5.71. The average Bonchev–Trinajstić information content (AvgIpc) is 3.31. The number of hydrogen-bond donors (Lipinski definition) is 0. The first-order valence-corrected chi connectivity index (χ1v) is 25.0. The monoisotopic (exact) mass is 864 g/mol. The minimum atomic E-state index is -3.32. The van der Waals surface area contributed by atoms with Gasteiger partial charge in [0.1, 0.15) is 13.2 Å². The summed E-state index contributed by atoms with van der Waals surface area (Å²) < 4.78 is 86.2. The second kappa shape index (κ2) is 50.0. The summed E-state index contributed by atoms with van der Waals surface area (Å²) in [6.45, 7) is 0.820. The van der Waals surface area contributed by atoms with Gasteiger partial charge in [-0.3, -0.25) is 14.4 Å². The first-order valence-electron chi connectivity index (χ1n) is 29.5. The molecule has 0 saturated heterocycles. The molecule has 0 aliphatic carbocycles. The first kappa shape index (κ1) is 43.6. The van der Waals surface area contributed by atoms with Crippen molar-refractivity contribution in [3.8, 4) is 0 Å². The third kappa shape index (κ3) is 48.3. The summed E-state index contributed by atoms with van der Waals surface area (Å²) in [5.74, 6) is -1.18. The maximum absolute atomic E-state index is 12.8. The second-order valence-electron chi connectivity index (χ2n) is 16.6. The van der Waals surface area contributed by atoms with Crippen LogP contribution in [0.2, 0.25) is 0 Å². The van der Waals surface area contributed by atoms with Crippen LogP contribution in [-0.4, -0.2) is 37.2 Å². The van der Waals surface area contributed by atoms with Gasteiger partial charge in [0.15, 0.2) is 6.10 Å². The maximum Gasteiger partial charge on any atom is 0.306 e. The molecule has 354 valence electrons. The maximum atomic E-state index is 12.8. The number of carbonyl (C=O) groups excluding carboxylic acids is 3. The van der Waals surface area contributed by atoms with Crippen molar-refractivity contribution in [3.05, 3.63) is 48.6 Å². The Balaban J connectivity index is 4.64. The average molecular weight is 864 g/mol. The number of rotatable bonds is 47. The first-order chi connectivity index (χ1) is 33.4. The number of esters is 3. The summed E-state index contributed by atoms with van der Waals surface area (Å²) in [6.07, 6.45) is 39.4. The molecule has 0 aliphatic rings. The Morgan fingerprint density at radius 2 is 0.787 bits per heavy atom. The lowest BCUT2D eigenvalue weighted by molar-refractivity contribution is -0.167. The number of carbonyl (C=O) groups is 3. The lowest BCUT2D eigenvalue weighted by Gasteiger charge is -2.18. The molecule has 6 nitrogen and oxygen atoms in total. The minimum Gasteiger partial charge on any atom is -0.462 e. The van der Waals surface area contributed by atoms with Gasteiger partial charge in [0.05, 0.1) is 0 Å². The van der Waals surface area contributed by atoms with E-state index in [0.29, 0.717) is 32.1 Å². The lowest BCUT2D eigenvalue weighted by atomic mass is 10.0. The van der Waals surface area contributed by atoms with Crippen molar-refractivity contribution in [2.45, 2.75) is 271 Å². The van der Waals surface area contributed by atoms with Gasteiger partial charge in [0.2, 0.25) is 0 Å². The topological polar surface area (TPSA) is 78.9 Å². The molecule has 0 bridgehead atoms. The fraction of sp³-hybridized carbons (Fsp3) is 0.800. The molecule has 0 aromatic carbocycles. The molecule has 0 N–H and O–H groups in total. The van der Waals surface area contributed by atoms with Crippen LogP contribution in [0.3, 0.4) is 0 Å². The summed E-state index contributed by atoms with van der Waals surface area (Å²) in [5, 5.41) is 0. The molecular formula is C55H98O6. The van der Waals surface area contributed by atoms with E-state index in [1.165, 1.54) is 83.5 Å². The predicted octanol–water partition coefficient (Wildman–Crippen LogP) is 17.1. The van der Waals surface area contributed by atoms with E-state index in [1.807, 2.05) is 0 Å². The van der Waals surface area contributed by atoms with E-state index in [9.17, 15) is 14.4 Å². The Labute approximate surface area is 390 Å². The van der Waals surface area contributed by atoms with Gasteiger partial charge in [-0.1, -0.05) is 236 Å². The molecule has 0 heterocycles. The van der Waals surface area contributed by atoms with Crippen molar-refractivity contribution in [1.82, 2.24) is 0 Å². The molecule has 0 amide bonds. The van der Waals surface area contributed by atoms with E-state index in [-0.39, 0.29) is 38.4 Å². The molecule has 0 radical (unpaired) electrons. The SMILES string of the molecule is [2H]C([2H])([2H])C([2H])([2H])C([2H])([2H])C([2H])([2H])CCCCCCCCCCCC(=O)OC[C@H](COC(=O)CCCCCCCCCCCCCCC)OC(=O)CCC/C=C\C/C=C\C/C=C\C/C=C\CCCCC. The van der Waals surface area contributed by atoms with Crippen LogP contribution in [0.25, 0.3) is 0 Å². The van der Waals surface area contributed by atoms with Gasteiger partial charge >= 0.3 is 17.9 Å². The molecule has 1 atom stereocenters. The van der Waals surface area contributed by atoms with Crippen molar-refractivity contribution in [1.29, 1.82) is 0 Å². The molecule has 0 spiro atoms. The van der Waals surface area contributed by atoms with Crippen LogP contribution in [-0.2, 0) is 28.6 Å². The molecular weight excluding hydrogens is 757 g/mol. The fourth-order valence-electron chi connectivity index (χ4n) is 6.92. The van der Waals surface area contributed by atoms with E-state index in [1.54, 1.807) is 0 Å². The van der Waals surface area contributed by atoms with Crippen LogP contribution in [0.4, 0.5) is 0 Å². The number of ether oxygens (including phenoxy) is 3. The summed E-state index contributed by atoms with van der Waals surface area (Å²) in [6, 6.07) is 0. The van der Waals surface area contributed by atoms with Crippen molar-refractivity contribution >= 4 is 17.9 Å². The van der Waals surface area contributed by atoms with E-state index in [0.717, 1.165) is 89.9 Å². The van der Waals surface area contributed by atoms with Gasteiger partial charge in [-0.2, -0.15) is 0 Å². The molecule has 61 heavy (non-hydrogen) atoms. The van der Waals surface area contributed by atoms with Crippen molar-refractivity contribution < 1.29 is 40.9 Å². The predicted molar refractivity (Wildman–Crippen MR) is 261 cm³/mol. The molecule has 0 aliphatic heterocycles. The van der Waals surface area contributed by atoms with Gasteiger partial charge in [-0.05, 0) is 57.8 Å². The Kier molecular flexibility index (Phi) is 35.8. The minimum absolute atomic E-state index is 0.169. The van der Waals surface area contributed by atoms with Crippen LogP contribution >= 0.6 is 0 Å². The van der Waals surface area contributed by atoms with Gasteiger partial charge < -0.3 is 14.2 Å². The number of allylic oxidation sites excluding steroid dienone is 8. The molecule has 6 heteroatoms. The standard InChI is InChI=1S/C55H98O6/c1-4-7-10-13-16-19-22-25-26-27-28-31-34-37-40-43-46-49-55(58)61-52(50-59-53(56)47-44-41-38-35-32-29-23-20-17-14-11-8-5-2)51-60-54(57)48-45-42-39-36-33-30-24-21-18-15-12-9-6-3/h16,19,25-26,28,31,37,40,52H,4-15,17-18,20-24,27,29-30,32-36,38-39,41-51H2,1-3H3/b19-16-,26-25-,31-28-,40-37-/i2D3,5D2,8D2,11D2/t52-/m1/s1. The number of unbranched alkanes of at least 4 members (excludes halogenated alkanes) is 24. The molecule has 0 saturated carbocycles. The normalized spacial score (nSPS) is 15.5. The highest BCUT2D eigenvalue weighted by atomic mass is 16.6. The summed E-state index contributed by atoms with van der Waals surface area (Å²) in [5.41, 5.74) is 0. The zero-order valence-electron chi connectivity index (χ0n) is 48.3. The van der Waals surface area contributed by atoms with Crippen LogP contribution < -0.4 is 0 Å². The van der Waals surface area contributed by atoms with Crippen molar-refractivity contribution in [2.24, 2.45) is 0 Å². The van der Waals surface area contributed by atoms with Gasteiger partial charge in [0.25, 0.3) is 0 Å². The van der Waals surface area contributed by atoms with Crippen LogP contribution in [0.5, 0.6) is 0 Å². The summed E-state index contributed by atoms with van der Waals surface area (Å²) in [7, 11) is 0. The highest BCUT2D eigenvalue weighted by Gasteiger charge is 2.19. The van der Waals surface area contributed by atoms with Crippen LogP contribution in [0.1, 0.15) is 277 Å².